The van der Waals surface area contributed by atoms with Crippen LogP contribution in [0.3, 0.4) is 0 Å². The van der Waals surface area contributed by atoms with Crippen LogP contribution in [0.5, 0.6) is 0 Å². The molecule has 24 heavy (non-hydrogen) atoms. The number of aryl methyl sites for hydroxylation is 1. The standard InChI is InChI=1S/C19H18N2OS2/c1-13-10-11-14-6-2-4-8-16(14)21(13)18(22)12-23-19-20-15-7-3-5-9-17(15)24-19/h2-9,13H,10-12H2,1H3. The average molecular weight is 354 g/mol. The Morgan fingerprint density at radius 2 is 2.04 bits per heavy atom. The number of thiazole rings is 1. The topological polar surface area (TPSA) is 33.2 Å². The number of thioether (sulfide) groups is 1. The molecule has 0 saturated heterocycles. The highest BCUT2D eigenvalue weighted by atomic mass is 32.2. The van der Waals surface area contributed by atoms with Crippen LogP contribution in [0.15, 0.2) is 52.9 Å². The van der Waals surface area contributed by atoms with Crippen LogP contribution in [0.4, 0.5) is 5.69 Å². The molecule has 1 atom stereocenters. The number of fused-ring (bicyclic) bond motifs is 2. The molecule has 1 aliphatic rings. The first-order chi connectivity index (χ1) is 11.7. The van der Waals surface area contributed by atoms with E-state index >= 15 is 0 Å². The van der Waals surface area contributed by atoms with Gasteiger partial charge in [-0.1, -0.05) is 42.1 Å². The van der Waals surface area contributed by atoms with Gasteiger partial charge in [-0.25, -0.2) is 4.98 Å². The molecule has 0 aliphatic carbocycles. The van der Waals surface area contributed by atoms with Crippen LogP contribution in [0.1, 0.15) is 18.9 Å². The monoisotopic (exact) mass is 354 g/mol. The SMILES string of the molecule is CC1CCc2ccccc2N1C(=O)CSc1nc2ccccc2s1. The molecule has 4 rings (SSSR count). The first-order valence-electron chi connectivity index (χ1n) is 8.11. The normalized spacial score (nSPS) is 17.0. The molecule has 0 radical (unpaired) electrons. The first-order valence-corrected chi connectivity index (χ1v) is 9.91. The second kappa shape index (κ2) is 6.57. The number of anilines is 1. The van der Waals surface area contributed by atoms with Gasteiger partial charge in [0.2, 0.25) is 5.91 Å². The summed E-state index contributed by atoms with van der Waals surface area (Å²) in [6.45, 7) is 2.14. The van der Waals surface area contributed by atoms with Gasteiger partial charge in [0.15, 0.2) is 4.34 Å². The lowest BCUT2D eigenvalue weighted by molar-refractivity contribution is -0.116. The average Bonchev–Trinajstić information content (AvgIpc) is 3.02. The van der Waals surface area contributed by atoms with Crippen molar-refractivity contribution in [1.82, 2.24) is 4.98 Å². The molecule has 3 nitrogen and oxygen atoms in total. The highest BCUT2D eigenvalue weighted by molar-refractivity contribution is 8.01. The zero-order valence-electron chi connectivity index (χ0n) is 13.4. The third-order valence-corrected chi connectivity index (χ3v) is 6.55. The van der Waals surface area contributed by atoms with Crippen LogP contribution in [-0.2, 0) is 11.2 Å². The van der Waals surface area contributed by atoms with E-state index in [4.69, 9.17) is 0 Å². The van der Waals surface area contributed by atoms with Crippen molar-refractivity contribution in [3.05, 3.63) is 54.1 Å². The van der Waals surface area contributed by atoms with Crippen molar-refractivity contribution in [2.75, 3.05) is 10.7 Å². The van der Waals surface area contributed by atoms with E-state index in [0.717, 1.165) is 28.4 Å². The quantitative estimate of drug-likeness (QED) is 0.636. The van der Waals surface area contributed by atoms with Crippen molar-refractivity contribution in [1.29, 1.82) is 0 Å². The van der Waals surface area contributed by atoms with Gasteiger partial charge < -0.3 is 4.90 Å². The van der Waals surface area contributed by atoms with Gasteiger partial charge in [-0.05, 0) is 43.5 Å². The van der Waals surface area contributed by atoms with Gasteiger partial charge in [0.25, 0.3) is 0 Å². The predicted octanol–water partition coefficient (Wildman–Crippen LogP) is 4.76. The summed E-state index contributed by atoms with van der Waals surface area (Å²) in [4.78, 5) is 19.4. The summed E-state index contributed by atoms with van der Waals surface area (Å²) in [7, 11) is 0. The lowest BCUT2D eigenvalue weighted by atomic mass is 9.97. The summed E-state index contributed by atoms with van der Waals surface area (Å²) >= 11 is 3.19. The molecular weight excluding hydrogens is 336 g/mol. The van der Waals surface area contributed by atoms with E-state index in [0.29, 0.717) is 5.75 Å². The summed E-state index contributed by atoms with van der Waals surface area (Å²) in [5, 5.41) is 0. The molecule has 0 fully saturated rings. The molecule has 0 N–H and O–H groups in total. The number of nitrogens with zero attached hydrogens (tertiary/aromatic N) is 2. The van der Waals surface area contributed by atoms with Crippen molar-refractivity contribution < 1.29 is 4.79 Å². The van der Waals surface area contributed by atoms with E-state index in [1.807, 2.05) is 35.2 Å². The number of hydrogen-bond donors (Lipinski definition) is 0. The van der Waals surface area contributed by atoms with Gasteiger partial charge >= 0.3 is 0 Å². The van der Waals surface area contributed by atoms with Gasteiger partial charge in [-0.2, -0.15) is 0 Å². The van der Waals surface area contributed by atoms with E-state index < -0.39 is 0 Å². The molecule has 2 aromatic carbocycles. The molecule has 2 heterocycles. The van der Waals surface area contributed by atoms with E-state index in [1.54, 1.807) is 23.1 Å². The Kier molecular flexibility index (Phi) is 4.29. The second-order valence-corrected chi connectivity index (χ2v) is 8.27. The number of hydrogen-bond acceptors (Lipinski definition) is 4. The van der Waals surface area contributed by atoms with Crippen molar-refractivity contribution in [2.45, 2.75) is 30.1 Å². The third kappa shape index (κ3) is 2.94. The lowest BCUT2D eigenvalue weighted by Crippen LogP contribution is -2.43. The fraction of sp³-hybridized carbons (Fsp3) is 0.263. The molecule has 0 spiro atoms. The molecular formula is C19H18N2OS2. The molecule has 0 bridgehead atoms. The van der Waals surface area contributed by atoms with Gasteiger partial charge in [-0.3, -0.25) is 4.79 Å². The Morgan fingerprint density at radius 3 is 2.92 bits per heavy atom. The van der Waals surface area contributed by atoms with Crippen molar-refractivity contribution in [3.8, 4) is 0 Å². The van der Waals surface area contributed by atoms with Crippen LogP contribution in [0.25, 0.3) is 10.2 Å². The van der Waals surface area contributed by atoms with E-state index in [9.17, 15) is 4.79 Å². The molecule has 1 unspecified atom stereocenters. The number of carbonyl (C=O) groups excluding carboxylic acids is 1. The molecule has 1 amide bonds. The van der Waals surface area contributed by atoms with Crippen LogP contribution in [0, 0.1) is 0 Å². The van der Waals surface area contributed by atoms with Gasteiger partial charge in [-0.15, -0.1) is 11.3 Å². The molecule has 1 aromatic heterocycles. The number of rotatable bonds is 3. The number of aromatic nitrogens is 1. The van der Waals surface area contributed by atoms with E-state index in [1.165, 1.54) is 10.3 Å². The summed E-state index contributed by atoms with van der Waals surface area (Å²) in [5.74, 6) is 0.595. The Bertz CT molecular complexity index is 857. The number of benzene rings is 2. The third-order valence-electron chi connectivity index (χ3n) is 4.39. The lowest BCUT2D eigenvalue weighted by Gasteiger charge is -2.35. The Labute approximate surface area is 149 Å². The Balaban J connectivity index is 1.51. The van der Waals surface area contributed by atoms with Crippen LogP contribution < -0.4 is 4.90 Å². The number of carbonyl (C=O) groups is 1. The van der Waals surface area contributed by atoms with Crippen molar-refractivity contribution in [2.24, 2.45) is 0 Å². The maximum absolute atomic E-state index is 12.8. The largest absolute Gasteiger partial charge is 0.309 e. The first kappa shape index (κ1) is 15.7. The number of amides is 1. The highest BCUT2D eigenvalue weighted by Gasteiger charge is 2.27. The van der Waals surface area contributed by atoms with Crippen LogP contribution >= 0.6 is 23.1 Å². The highest BCUT2D eigenvalue weighted by Crippen LogP contribution is 2.33. The maximum atomic E-state index is 12.8. The van der Waals surface area contributed by atoms with Gasteiger partial charge in [0.05, 0.1) is 16.0 Å². The number of para-hydroxylation sites is 2. The van der Waals surface area contributed by atoms with E-state index in [-0.39, 0.29) is 11.9 Å². The van der Waals surface area contributed by atoms with Gasteiger partial charge in [0, 0.05) is 11.7 Å². The zero-order chi connectivity index (χ0) is 16.5. The minimum atomic E-state index is 0.166. The maximum Gasteiger partial charge on any atom is 0.237 e. The minimum Gasteiger partial charge on any atom is -0.309 e. The summed E-state index contributed by atoms with van der Waals surface area (Å²) in [6, 6.07) is 16.6. The summed E-state index contributed by atoms with van der Waals surface area (Å²) in [5.41, 5.74) is 3.36. The fourth-order valence-electron chi connectivity index (χ4n) is 3.17. The fourth-order valence-corrected chi connectivity index (χ4v) is 5.10. The van der Waals surface area contributed by atoms with Crippen molar-refractivity contribution >= 4 is 44.9 Å². The molecule has 0 saturated carbocycles. The van der Waals surface area contributed by atoms with E-state index in [2.05, 4.69) is 30.1 Å². The smallest absolute Gasteiger partial charge is 0.237 e. The minimum absolute atomic E-state index is 0.166. The summed E-state index contributed by atoms with van der Waals surface area (Å²) in [6.07, 6.45) is 2.07. The van der Waals surface area contributed by atoms with Crippen LogP contribution in [0.2, 0.25) is 0 Å². The van der Waals surface area contributed by atoms with Gasteiger partial charge in [0.1, 0.15) is 0 Å². The predicted molar refractivity (Wildman–Crippen MR) is 102 cm³/mol. The Morgan fingerprint density at radius 1 is 1.25 bits per heavy atom. The zero-order valence-corrected chi connectivity index (χ0v) is 15.1. The molecule has 1 aliphatic heterocycles. The second-order valence-electron chi connectivity index (χ2n) is 6.02. The molecule has 3 aromatic rings. The summed E-state index contributed by atoms with van der Waals surface area (Å²) < 4.78 is 2.13. The Hall–Kier alpha value is -1.85. The molecule has 122 valence electrons. The van der Waals surface area contributed by atoms with Crippen LogP contribution in [-0.4, -0.2) is 22.7 Å². The van der Waals surface area contributed by atoms with Crippen molar-refractivity contribution in [3.63, 3.8) is 0 Å². The molecule has 5 heteroatoms.